The third kappa shape index (κ3) is 3.27. The van der Waals surface area contributed by atoms with E-state index < -0.39 is 4.92 Å². The van der Waals surface area contributed by atoms with Gasteiger partial charge in [-0.25, -0.2) is 9.97 Å². The molecule has 0 bridgehead atoms. The van der Waals surface area contributed by atoms with Crippen molar-refractivity contribution >= 4 is 23.2 Å². The maximum Gasteiger partial charge on any atom is 0.352 e. The number of amides is 1. The molecular weight excluding hydrogens is 252 g/mol. The van der Waals surface area contributed by atoms with Crippen molar-refractivity contribution in [3.63, 3.8) is 0 Å². The fourth-order valence-electron chi connectivity index (χ4n) is 1.56. The highest BCUT2D eigenvalue weighted by molar-refractivity contribution is 5.80. The van der Waals surface area contributed by atoms with Gasteiger partial charge in [0.1, 0.15) is 6.33 Å². The zero-order chi connectivity index (χ0) is 13.8. The Labute approximate surface area is 108 Å². The number of nitrogen functional groups attached to an aromatic ring is 1. The molecule has 1 saturated carbocycles. The Morgan fingerprint density at radius 1 is 1.47 bits per heavy atom. The Hall–Kier alpha value is -2.45. The van der Waals surface area contributed by atoms with E-state index in [0.717, 1.165) is 19.2 Å². The second-order valence-electron chi connectivity index (χ2n) is 4.21. The maximum atomic E-state index is 11.4. The number of carbonyl (C=O) groups is 1. The lowest BCUT2D eigenvalue weighted by molar-refractivity contribution is -0.383. The minimum Gasteiger partial charge on any atom is -0.378 e. The molecule has 1 aliphatic carbocycles. The molecule has 0 aliphatic heterocycles. The lowest BCUT2D eigenvalue weighted by Crippen LogP contribution is -2.30. The smallest absolute Gasteiger partial charge is 0.352 e. The fraction of sp³-hybridized carbons (Fsp3) is 0.500. The summed E-state index contributed by atoms with van der Waals surface area (Å²) in [6.45, 7) is 0.701. The lowest BCUT2D eigenvalue weighted by atomic mass is 10.4. The van der Waals surface area contributed by atoms with Crippen LogP contribution < -0.4 is 16.4 Å². The van der Waals surface area contributed by atoms with Gasteiger partial charge in [-0.3, -0.25) is 14.9 Å². The minimum absolute atomic E-state index is 0.0264. The fourth-order valence-corrected chi connectivity index (χ4v) is 1.56. The summed E-state index contributed by atoms with van der Waals surface area (Å²) in [6, 6.07) is 0. The van der Waals surface area contributed by atoms with Gasteiger partial charge in [-0.1, -0.05) is 0 Å². The van der Waals surface area contributed by atoms with Crippen LogP contribution in [0.2, 0.25) is 0 Å². The first kappa shape index (κ1) is 13.0. The first-order valence-corrected chi connectivity index (χ1v) is 5.86. The molecular formula is C10H14N6O3. The monoisotopic (exact) mass is 266 g/mol. The van der Waals surface area contributed by atoms with Crippen molar-refractivity contribution in [1.82, 2.24) is 15.3 Å². The molecule has 0 spiro atoms. The van der Waals surface area contributed by atoms with Crippen molar-refractivity contribution in [2.75, 3.05) is 24.1 Å². The molecule has 9 heteroatoms. The van der Waals surface area contributed by atoms with E-state index in [0.29, 0.717) is 13.1 Å². The van der Waals surface area contributed by atoms with Gasteiger partial charge in [-0.2, -0.15) is 0 Å². The Morgan fingerprint density at radius 3 is 2.84 bits per heavy atom. The number of hydrogen-bond acceptors (Lipinski definition) is 7. The van der Waals surface area contributed by atoms with Crippen LogP contribution in [-0.2, 0) is 4.79 Å². The molecule has 102 valence electrons. The predicted octanol–water partition coefficient (Wildman–Crippen LogP) is -0.0949. The minimum atomic E-state index is -0.638. The zero-order valence-electron chi connectivity index (χ0n) is 10.1. The number of nitrogens with one attached hydrogen (secondary N) is 2. The van der Waals surface area contributed by atoms with Crippen LogP contribution in [0, 0.1) is 16.0 Å². The number of hydrogen-bond donors (Lipinski definition) is 3. The Balaban J connectivity index is 1.86. The van der Waals surface area contributed by atoms with Gasteiger partial charge in [-0.15, -0.1) is 0 Å². The maximum absolute atomic E-state index is 11.4. The van der Waals surface area contributed by atoms with Crippen molar-refractivity contribution in [2.24, 2.45) is 5.92 Å². The van der Waals surface area contributed by atoms with Crippen LogP contribution in [0.4, 0.5) is 17.3 Å². The number of aromatic nitrogens is 2. The Kier molecular flexibility index (Phi) is 3.74. The summed E-state index contributed by atoms with van der Waals surface area (Å²) in [7, 11) is 0. The number of carbonyl (C=O) groups excluding carboxylic acids is 1. The van der Waals surface area contributed by atoms with Crippen molar-refractivity contribution in [1.29, 1.82) is 0 Å². The van der Waals surface area contributed by atoms with E-state index in [-0.39, 0.29) is 29.1 Å². The van der Waals surface area contributed by atoms with Gasteiger partial charge in [0.05, 0.1) is 4.92 Å². The highest BCUT2D eigenvalue weighted by atomic mass is 16.6. The molecule has 19 heavy (non-hydrogen) atoms. The van der Waals surface area contributed by atoms with E-state index >= 15 is 0 Å². The lowest BCUT2D eigenvalue weighted by Gasteiger charge is -2.07. The molecule has 4 N–H and O–H groups in total. The van der Waals surface area contributed by atoms with Crippen molar-refractivity contribution in [3.8, 4) is 0 Å². The Bertz CT molecular complexity index is 502. The van der Waals surface area contributed by atoms with Crippen LogP contribution in [0.15, 0.2) is 6.33 Å². The van der Waals surface area contributed by atoms with Crippen molar-refractivity contribution < 1.29 is 9.72 Å². The molecule has 0 atom stereocenters. The van der Waals surface area contributed by atoms with E-state index in [2.05, 4.69) is 20.6 Å². The molecule has 0 radical (unpaired) electrons. The summed E-state index contributed by atoms with van der Waals surface area (Å²) in [6.07, 6.45) is 3.02. The van der Waals surface area contributed by atoms with Gasteiger partial charge in [0, 0.05) is 19.0 Å². The molecule has 1 aromatic heterocycles. The molecule has 1 fully saturated rings. The summed E-state index contributed by atoms with van der Waals surface area (Å²) in [5.41, 5.74) is 5.07. The molecule has 1 aliphatic rings. The number of nitrogens with zero attached hydrogens (tertiary/aromatic N) is 3. The van der Waals surface area contributed by atoms with Crippen LogP contribution in [-0.4, -0.2) is 33.9 Å². The second kappa shape index (κ2) is 5.46. The van der Waals surface area contributed by atoms with Crippen LogP contribution in [0.5, 0.6) is 0 Å². The largest absolute Gasteiger partial charge is 0.378 e. The normalized spacial score (nSPS) is 13.9. The standard InChI is InChI=1S/C10H14N6O3/c11-8-7(16(18)19)9(15-5-14-8)12-3-4-13-10(17)6-1-2-6/h5-6H,1-4H2,(H,13,17)(H3,11,12,14,15). The second-order valence-corrected chi connectivity index (χ2v) is 4.21. The number of nitrogens with two attached hydrogens (primary N) is 1. The Morgan fingerprint density at radius 2 is 2.21 bits per heavy atom. The van der Waals surface area contributed by atoms with Gasteiger partial charge in [0.25, 0.3) is 0 Å². The van der Waals surface area contributed by atoms with Gasteiger partial charge in [0.15, 0.2) is 0 Å². The summed E-state index contributed by atoms with van der Waals surface area (Å²) < 4.78 is 0. The van der Waals surface area contributed by atoms with Gasteiger partial charge >= 0.3 is 5.69 Å². The molecule has 1 aromatic rings. The van der Waals surface area contributed by atoms with Crippen molar-refractivity contribution in [2.45, 2.75) is 12.8 Å². The third-order valence-corrected chi connectivity index (χ3v) is 2.70. The molecule has 0 unspecified atom stereocenters. The molecule has 1 amide bonds. The number of nitro groups is 1. The van der Waals surface area contributed by atoms with E-state index in [1.54, 1.807) is 0 Å². The topological polar surface area (TPSA) is 136 Å². The van der Waals surface area contributed by atoms with Gasteiger partial charge in [0.2, 0.25) is 17.5 Å². The molecule has 1 heterocycles. The molecule has 2 rings (SSSR count). The van der Waals surface area contributed by atoms with Crippen LogP contribution in [0.1, 0.15) is 12.8 Å². The number of anilines is 2. The van der Waals surface area contributed by atoms with E-state index in [4.69, 9.17) is 5.73 Å². The molecule has 0 saturated heterocycles. The summed E-state index contributed by atoms with van der Waals surface area (Å²) in [5, 5.41) is 16.3. The predicted molar refractivity (Wildman–Crippen MR) is 67.3 cm³/mol. The quantitative estimate of drug-likeness (QED) is 0.371. The molecule has 0 aromatic carbocycles. The van der Waals surface area contributed by atoms with E-state index in [1.807, 2.05) is 0 Å². The van der Waals surface area contributed by atoms with Gasteiger partial charge in [-0.05, 0) is 12.8 Å². The highest BCUT2D eigenvalue weighted by Gasteiger charge is 2.29. The highest BCUT2D eigenvalue weighted by Crippen LogP contribution is 2.28. The summed E-state index contributed by atoms with van der Waals surface area (Å²) in [4.78, 5) is 28.9. The number of rotatable bonds is 6. The first-order valence-electron chi connectivity index (χ1n) is 5.86. The van der Waals surface area contributed by atoms with E-state index in [9.17, 15) is 14.9 Å². The van der Waals surface area contributed by atoms with Crippen molar-refractivity contribution in [3.05, 3.63) is 16.4 Å². The average molecular weight is 266 g/mol. The average Bonchev–Trinajstić information content (AvgIpc) is 3.18. The first-order chi connectivity index (χ1) is 9.09. The van der Waals surface area contributed by atoms with Crippen LogP contribution in [0.3, 0.4) is 0 Å². The molecule has 9 nitrogen and oxygen atoms in total. The summed E-state index contributed by atoms with van der Waals surface area (Å²) in [5.74, 6) is 0.0326. The zero-order valence-corrected chi connectivity index (χ0v) is 10.1. The third-order valence-electron chi connectivity index (χ3n) is 2.70. The van der Waals surface area contributed by atoms with Gasteiger partial charge < -0.3 is 16.4 Å². The van der Waals surface area contributed by atoms with E-state index in [1.165, 1.54) is 0 Å². The van der Waals surface area contributed by atoms with Crippen LogP contribution >= 0.6 is 0 Å². The van der Waals surface area contributed by atoms with Crippen LogP contribution in [0.25, 0.3) is 0 Å². The summed E-state index contributed by atoms with van der Waals surface area (Å²) >= 11 is 0. The SMILES string of the molecule is Nc1ncnc(NCCNC(=O)C2CC2)c1[N+](=O)[O-].